The van der Waals surface area contributed by atoms with E-state index in [2.05, 4.69) is 10.6 Å². The van der Waals surface area contributed by atoms with Crippen molar-refractivity contribution in [3.8, 4) is 6.07 Å². The predicted octanol–water partition coefficient (Wildman–Crippen LogP) is 2.55. The van der Waals surface area contributed by atoms with Gasteiger partial charge in [0.2, 0.25) is 0 Å². The summed E-state index contributed by atoms with van der Waals surface area (Å²) < 4.78 is 7.39. The van der Waals surface area contributed by atoms with Crippen LogP contribution in [0.25, 0.3) is 10.9 Å². The average molecular weight is 214 g/mol. The molecule has 3 heteroatoms. The highest BCUT2D eigenvalue weighted by atomic mass is 16.5. The van der Waals surface area contributed by atoms with E-state index in [1.807, 2.05) is 37.4 Å². The monoisotopic (exact) mass is 214 g/mol. The maximum Gasteiger partial charge on any atom is 0.0991 e. The van der Waals surface area contributed by atoms with Gasteiger partial charge in [0.25, 0.3) is 0 Å². The molecule has 0 radical (unpaired) electrons. The van der Waals surface area contributed by atoms with Crippen molar-refractivity contribution in [2.45, 2.75) is 19.6 Å². The first kappa shape index (κ1) is 10.7. The van der Waals surface area contributed by atoms with Gasteiger partial charge in [0.15, 0.2) is 0 Å². The SMILES string of the molecule is COC(C)Cn1ccc2cc(C#N)ccc21. The zero-order valence-corrected chi connectivity index (χ0v) is 9.47. The molecule has 0 amide bonds. The van der Waals surface area contributed by atoms with Gasteiger partial charge in [-0.3, -0.25) is 0 Å². The minimum Gasteiger partial charge on any atom is -0.380 e. The van der Waals surface area contributed by atoms with Crippen LogP contribution in [0, 0.1) is 11.3 Å². The number of ether oxygens (including phenoxy) is 1. The van der Waals surface area contributed by atoms with E-state index >= 15 is 0 Å². The number of benzene rings is 1. The lowest BCUT2D eigenvalue weighted by Gasteiger charge is -2.11. The molecule has 1 unspecified atom stereocenters. The molecule has 1 heterocycles. The highest BCUT2D eigenvalue weighted by molar-refractivity contribution is 5.81. The standard InChI is InChI=1S/C13H14N2O/c1-10(16-2)9-15-6-5-12-7-11(8-14)3-4-13(12)15/h3-7,10H,9H2,1-2H3. The summed E-state index contributed by atoms with van der Waals surface area (Å²) in [4.78, 5) is 0. The summed E-state index contributed by atoms with van der Waals surface area (Å²) in [5.74, 6) is 0. The van der Waals surface area contributed by atoms with Crippen molar-refractivity contribution in [1.29, 1.82) is 5.26 Å². The Hall–Kier alpha value is -1.79. The molecule has 0 aliphatic rings. The van der Waals surface area contributed by atoms with Crippen molar-refractivity contribution in [2.75, 3.05) is 7.11 Å². The molecule has 1 aromatic carbocycles. The minimum atomic E-state index is 0.186. The Morgan fingerprint density at radius 3 is 2.94 bits per heavy atom. The van der Waals surface area contributed by atoms with Crippen LogP contribution in [0.15, 0.2) is 30.5 Å². The lowest BCUT2D eigenvalue weighted by molar-refractivity contribution is 0.104. The van der Waals surface area contributed by atoms with E-state index in [-0.39, 0.29) is 6.10 Å². The Morgan fingerprint density at radius 2 is 2.25 bits per heavy atom. The third-order valence-corrected chi connectivity index (χ3v) is 2.76. The Bertz CT molecular complexity index is 536. The lowest BCUT2D eigenvalue weighted by Crippen LogP contribution is -2.13. The Labute approximate surface area is 94.9 Å². The molecular weight excluding hydrogens is 200 g/mol. The van der Waals surface area contributed by atoms with Crippen LogP contribution in [0.1, 0.15) is 12.5 Å². The fraction of sp³-hybridized carbons (Fsp3) is 0.308. The van der Waals surface area contributed by atoms with Gasteiger partial charge in [-0.2, -0.15) is 5.26 Å². The molecule has 2 rings (SSSR count). The van der Waals surface area contributed by atoms with Crippen LogP contribution in [0.3, 0.4) is 0 Å². The topological polar surface area (TPSA) is 38.0 Å². The fourth-order valence-corrected chi connectivity index (χ4v) is 1.78. The van der Waals surface area contributed by atoms with Crippen molar-refractivity contribution >= 4 is 10.9 Å². The van der Waals surface area contributed by atoms with Crippen molar-refractivity contribution in [2.24, 2.45) is 0 Å². The van der Waals surface area contributed by atoms with Gasteiger partial charge in [0, 0.05) is 30.8 Å². The van der Waals surface area contributed by atoms with E-state index in [4.69, 9.17) is 10.00 Å². The van der Waals surface area contributed by atoms with Crippen LogP contribution in [0.2, 0.25) is 0 Å². The number of rotatable bonds is 3. The summed E-state index contributed by atoms with van der Waals surface area (Å²) >= 11 is 0. The molecule has 0 aliphatic heterocycles. The second-order valence-electron chi connectivity index (χ2n) is 3.90. The summed E-state index contributed by atoms with van der Waals surface area (Å²) in [6.07, 6.45) is 2.22. The number of aromatic nitrogens is 1. The molecule has 0 fully saturated rings. The summed E-state index contributed by atoms with van der Waals surface area (Å²) in [7, 11) is 1.71. The van der Waals surface area contributed by atoms with Gasteiger partial charge in [0.1, 0.15) is 0 Å². The maximum atomic E-state index is 8.81. The first-order valence-electron chi connectivity index (χ1n) is 5.26. The van der Waals surface area contributed by atoms with E-state index in [0.717, 1.165) is 17.4 Å². The van der Waals surface area contributed by atoms with Crippen molar-refractivity contribution in [3.63, 3.8) is 0 Å². The van der Waals surface area contributed by atoms with Crippen LogP contribution in [0.5, 0.6) is 0 Å². The van der Waals surface area contributed by atoms with Crippen molar-refractivity contribution < 1.29 is 4.74 Å². The predicted molar refractivity (Wildman–Crippen MR) is 63.1 cm³/mol. The van der Waals surface area contributed by atoms with Gasteiger partial charge < -0.3 is 9.30 Å². The van der Waals surface area contributed by atoms with Crippen LogP contribution in [-0.4, -0.2) is 17.8 Å². The van der Waals surface area contributed by atoms with E-state index in [1.165, 1.54) is 0 Å². The number of fused-ring (bicyclic) bond motifs is 1. The van der Waals surface area contributed by atoms with Crippen LogP contribution >= 0.6 is 0 Å². The normalized spacial score (nSPS) is 12.6. The van der Waals surface area contributed by atoms with Gasteiger partial charge >= 0.3 is 0 Å². The first-order chi connectivity index (χ1) is 7.74. The highest BCUT2D eigenvalue weighted by Crippen LogP contribution is 2.18. The first-order valence-corrected chi connectivity index (χ1v) is 5.26. The van der Waals surface area contributed by atoms with Crippen molar-refractivity contribution in [1.82, 2.24) is 4.57 Å². The molecule has 0 N–H and O–H groups in total. The summed E-state index contributed by atoms with van der Waals surface area (Å²) in [5.41, 5.74) is 1.84. The fourth-order valence-electron chi connectivity index (χ4n) is 1.78. The van der Waals surface area contributed by atoms with Gasteiger partial charge in [-0.15, -0.1) is 0 Å². The second-order valence-corrected chi connectivity index (χ2v) is 3.90. The number of nitrogens with zero attached hydrogens (tertiary/aromatic N) is 2. The molecule has 3 nitrogen and oxygen atoms in total. The number of methoxy groups -OCH3 is 1. The molecule has 0 spiro atoms. The number of nitriles is 1. The summed E-state index contributed by atoms with van der Waals surface area (Å²) in [6, 6.07) is 9.90. The second kappa shape index (κ2) is 4.38. The van der Waals surface area contributed by atoms with Gasteiger partial charge in [-0.25, -0.2) is 0 Å². The summed E-state index contributed by atoms with van der Waals surface area (Å²) in [6.45, 7) is 2.86. The Morgan fingerprint density at radius 1 is 1.44 bits per heavy atom. The maximum absolute atomic E-state index is 8.81. The average Bonchev–Trinajstić information content (AvgIpc) is 2.71. The summed E-state index contributed by atoms with van der Waals surface area (Å²) in [5, 5.41) is 9.91. The van der Waals surface area contributed by atoms with Crippen LogP contribution in [0.4, 0.5) is 0 Å². The largest absolute Gasteiger partial charge is 0.380 e. The minimum absolute atomic E-state index is 0.186. The molecule has 2 aromatic rings. The lowest BCUT2D eigenvalue weighted by atomic mass is 10.2. The van der Waals surface area contributed by atoms with Gasteiger partial charge in [-0.1, -0.05) is 0 Å². The van der Waals surface area contributed by atoms with E-state index in [9.17, 15) is 0 Å². The number of hydrogen-bond donors (Lipinski definition) is 0. The van der Waals surface area contributed by atoms with E-state index < -0.39 is 0 Å². The molecule has 0 saturated carbocycles. The molecule has 0 saturated heterocycles. The zero-order valence-electron chi connectivity index (χ0n) is 9.47. The van der Waals surface area contributed by atoms with Gasteiger partial charge in [0.05, 0.1) is 17.7 Å². The van der Waals surface area contributed by atoms with Gasteiger partial charge in [-0.05, 0) is 31.2 Å². The quantitative estimate of drug-likeness (QED) is 0.787. The van der Waals surface area contributed by atoms with Crippen molar-refractivity contribution in [3.05, 3.63) is 36.0 Å². The molecule has 1 aromatic heterocycles. The van der Waals surface area contributed by atoms with Crippen LogP contribution in [-0.2, 0) is 11.3 Å². The zero-order chi connectivity index (χ0) is 11.5. The van der Waals surface area contributed by atoms with Crippen LogP contribution < -0.4 is 0 Å². The van der Waals surface area contributed by atoms with E-state index in [1.54, 1.807) is 7.11 Å². The molecule has 0 bridgehead atoms. The third kappa shape index (κ3) is 1.93. The molecule has 1 atom stereocenters. The molecule has 16 heavy (non-hydrogen) atoms. The Balaban J connectivity index is 2.39. The number of hydrogen-bond acceptors (Lipinski definition) is 2. The third-order valence-electron chi connectivity index (χ3n) is 2.76. The van der Waals surface area contributed by atoms with E-state index in [0.29, 0.717) is 5.56 Å². The molecule has 0 aliphatic carbocycles. The highest BCUT2D eigenvalue weighted by Gasteiger charge is 2.05. The molecule has 82 valence electrons. The smallest absolute Gasteiger partial charge is 0.0991 e. The molecular formula is C13H14N2O. The Kier molecular flexibility index (Phi) is 2.93.